The van der Waals surface area contributed by atoms with E-state index in [9.17, 15) is 4.79 Å². The van der Waals surface area contributed by atoms with Gasteiger partial charge in [0.2, 0.25) is 0 Å². The van der Waals surface area contributed by atoms with Gasteiger partial charge in [0, 0.05) is 24.2 Å². The summed E-state index contributed by atoms with van der Waals surface area (Å²) in [6, 6.07) is 0. The molecule has 0 saturated heterocycles. The average Bonchev–Trinajstić information content (AvgIpc) is 2.49. The molecule has 0 heterocycles. The van der Waals surface area contributed by atoms with Gasteiger partial charge in [-0.1, -0.05) is 40.9 Å². The van der Waals surface area contributed by atoms with Gasteiger partial charge in [0.05, 0.1) is 5.75 Å². The Balaban J connectivity index is 4.58. The Labute approximate surface area is 146 Å². The van der Waals surface area contributed by atoms with Gasteiger partial charge in [-0.15, -0.1) is 11.8 Å². The quantitative estimate of drug-likeness (QED) is 0.232. The molecule has 2 N–H and O–H groups in total. The van der Waals surface area contributed by atoms with Crippen molar-refractivity contribution in [1.82, 2.24) is 4.90 Å². The van der Waals surface area contributed by atoms with Gasteiger partial charge < -0.3 is 19.7 Å². The number of thioether (sulfide) groups is 1. The molecule has 0 amide bonds. The summed E-state index contributed by atoms with van der Waals surface area (Å²) in [4.78, 5) is 15.6. The van der Waals surface area contributed by atoms with Gasteiger partial charge in [-0.3, -0.25) is 0 Å². The molecule has 0 aliphatic rings. The fraction of sp³-hybridized carbons (Fsp3) is 0.533. The van der Waals surface area contributed by atoms with Crippen LogP contribution in [-0.2, 0) is 4.79 Å². The minimum Gasteiger partial charge on any atom is -0.427 e. The van der Waals surface area contributed by atoms with Crippen molar-refractivity contribution < 1.29 is 14.8 Å². The first-order valence-corrected chi connectivity index (χ1v) is 9.24. The SMILES string of the molecule is C\C=C(SCC=O)/C(=C\C=C\Br)N(C)CCCCCB(O)O. The highest BCUT2D eigenvalue weighted by atomic mass is 79.9. The van der Waals surface area contributed by atoms with Crippen LogP contribution in [-0.4, -0.2) is 47.7 Å². The van der Waals surface area contributed by atoms with Crippen molar-refractivity contribution in [3.8, 4) is 0 Å². The van der Waals surface area contributed by atoms with E-state index in [-0.39, 0.29) is 0 Å². The van der Waals surface area contributed by atoms with Gasteiger partial charge in [0.15, 0.2) is 0 Å². The number of allylic oxidation sites excluding steroid dienone is 3. The van der Waals surface area contributed by atoms with Gasteiger partial charge in [-0.2, -0.15) is 0 Å². The molecule has 0 aliphatic carbocycles. The fourth-order valence-electron chi connectivity index (χ4n) is 1.93. The van der Waals surface area contributed by atoms with Gasteiger partial charge >= 0.3 is 7.12 Å². The molecule has 0 atom stereocenters. The lowest BCUT2D eigenvalue weighted by molar-refractivity contribution is -0.105. The first-order chi connectivity index (χ1) is 10.6. The smallest absolute Gasteiger partial charge is 0.427 e. The summed E-state index contributed by atoms with van der Waals surface area (Å²) >= 11 is 4.79. The molecule has 22 heavy (non-hydrogen) atoms. The second-order valence-corrected chi connectivity index (χ2v) is 6.34. The molecular weight excluding hydrogens is 365 g/mol. The molecule has 0 fully saturated rings. The molecule has 0 aromatic rings. The van der Waals surface area contributed by atoms with Crippen LogP contribution in [0.4, 0.5) is 0 Å². The molecule has 0 aromatic heterocycles. The minimum absolute atomic E-state index is 0.425. The molecule has 0 aliphatic heterocycles. The first kappa shape index (κ1) is 21.5. The van der Waals surface area contributed by atoms with Crippen LogP contribution < -0.4 is 0 Å². The van der Waals surface area contributed by atoms with E-state index in [1.165, 1.54) is 11.8 Å². The number of aldehydes is 1. The number of carbonyl (C=O) groups excluding carboxylic acids is 1. The Kier molecular flexibility index (Phi) is 13.8. The zero-order chi connectivity index (χ0) is 16.8. The van der Waals surface area contributed by atoms with Crippen molar-refractivity contribution in [3.63, 3.8) is 0 Å². The Hall–Kier alpha value is -0.495. The summed E-state index contributed by atoms with van der Waals surface area (Å²) < 4.78 is 0. The number of hydrogen-bond donors (Lipinski definition) is 2. The third kappa shape index (κ3) is 10.3. The topological polar surface area (TPSA) is 60.8 Å². The molecule has 0 unspecified atom stereocenters. The number of hydrogen-bond acceptors (Lipinski definition) is 5. The normalized spacial score (nSPS) is 12.8. The summed E-state index contributed by atoms with van der Waals surface area (Å²) in [7, 11) is 0.825. The number of likely N-dealkylation sites (N-methyl/N-ethyl adjacent to an activating group) is 1. The van der Waals surface area contributed by atoms with Gasteiger partial charge in [-0.25, -0.2) is 0 Å². The van der Waals surface area contributed by atoms with Crippen LogP contribution in [0.1, 0.15) is 26.2 Å². The minimum atomic E-state index is -1.20. The summed E-state index contributed by atoms with van der Waals surface area (Å²) in [6.45, 7) is 2.85. The maximum atomic E-state index is 10.6. The molecule has 0 bridgehead atoms. The van der Waals surface area contributed by atoms with Crippen LogP contribution in [0.5, 0.6) is 0 Å². The molecule has 0 spiro atoms. The molecular formula is C15H25BBrNO3S. The van der Waals surface area contributed by atoms with E-state index >= 15 is 0 Å². The highest BCUT2D eigenvalue weighted by molar-refractivity contribution is 9.11. The highest BCUT2D eigenvalue weighted by Crippen LogP contribution is 2.26. The molecule has 0 aromatic carbocycles. The predicted molar refractivity (Wildman–Crippen MR) is 99.9 cm³/mol. The van der Waals surface area contributed by atoms with Crippen LogP contribution in [0.25, 0.3) is 0 Å². The Morgan fingerprint density at radius 1 is 1.32 bits per heavy atom. The zero-order valence-corrected chi connectivity index (χ0v) is 15.6. The summed E-state index contributed by atoms with van der Waals surface area (Å²) in [5, 5.41) is 17.6. The number of unbranched alkanes of at least 4 members (excludes halogenated alkanes) is 2. The maximum Gasteiger partial charge on any atom is 0.451 e. The Bertz CT molecular complexity index is 400. The number of halogens is 1. The van der Waals surface area contributed by atoms with Crippen LogP contribution in [0.15, 0.2) is 33.8 Å². The lowest BCUT2D eigenvalue weighted by atomic mass is 9.83. The second kappa shape index (κ2) is 14.1. The molecule has 0 radical (unpaired) electrons. The highest BCUT2D eigenvalue weighted by Gasteiger charge is 2.10. The standard InChI is InChI=1S/C15H25BBrNO3S/c1-3-15(22-13-12-19)14(8-7-10-17)18(2)11-6-4-5-9-16(20)21/h3,7-8,10,12,20-21H,4-6,9,11,13H2,1-2H3/b10-7+,14-8+,15-3+. The lowest BCUT2D eigenvalue weighted by Crippen LogP contribution is -2.20. The van der Waals surface area contributed by atoms with Crippen molar-refractivity contribution in [1.29, 1.82) is 0 Å². The van der Waals surface area contributed by atoms with E-state index in [4.69, 9.17) is 10.0 Å². The van der Waals surface area contributed by atoms with Crippen molar-refractivity contribution in [3.05, 3.63) is 33.8 Å². The number of rotatable bonds is 12. The van der Waals surface area contributed by atoms with Crippen LogP contribution in [0.2, 0.25) is 6.32 Å². The van der Waals surface area contributed by atoms with Crippen LogP contribution in [0.3, 0.4) is 0 Å². The Morgan fingerprint density at radius 2 is 2.05 bits per heavy atom. The molecule has 0 rings (SSSR count). The largest absolute Gasteiger partial charge is 0.451 e. The monoisotopic (exact) mass is 389 g/mol. The summed E-state index contributed by atoms with van der Waals surface area (Å²) in [5.74, 6) is 0.442. The van der Waals surface area contributed by atoms with Gasteiger partial charge in [0.1, 0.15) is 6.29 Å². The third-order valence-corrected chi connectivity index (χ3v) is 4.38. The van der Waals surface area contributed by atoms with Gasteiger partial charge in [0.25, 0.3) is 0 Å². The van der Waals surface area contributed by atoms with E-state index in [1.807, 2.05) is 32.2 Å². The first-order valence-electron chi connectivity index (χ1n) is 7.34. The van der Waals surface area contributed by atoms with Crippen molar-refractivity contribution >= 4 is 41.1 Å². The third-order valence-electron chi connectivity index (χ3n) is 3.02. The van der Waals surface area contributed by atoms with Crippen molar-refractivity contribution in [2.24, 2.45) is 0 Å². The second-order valence-electron chi connectivity index (χ2n) is 4.75. The van der Waals surface area contributed by atoms with E-state index in [1.54, 1.807) is 4.99 Å². The zero-order valence-electron chi connectivity index (χ0n) is 13.2. The molecule has 4 nitrogen and oxygen atoms in total. The molecule has 7 heteroatoms. The van der Waals surface area contributed by atoms with E-state index < -0.39 is 7.12 Å². The van der Waals surface area contributed by atoms with E-state index in [0.717, 1.165) is 42.7 Å². The molecule has 0 saturated carbocycles. The fourth-order valence-corrected chi connectivity index (χ4v) is 2.87. The Morgan fingerprint density at radius 3 is 2.59 bits per heavy atom. The van der Waals surface area contributed by atoms with Crippen LogP contribution >= 0.6 is 27.7 Å². The number of nitrogens with zero attached hydrogens (tertiary/aromatic N) is 1. The van der Waals surface area contributed by atoms with Crippen LogP contribution in [0, 0.1) is 0 Å². The van der Waals surface area contributed by atoms with E-state index in [2.05, 4.69) is 20.8 Å². The van der Waals surface area contributed by atoms with Crippen molar-refractivity contribution in [2.45, 2.75) is 32.5 Å². The van der Waals surface area contributed by atoms with Gasteiger partial charge in [-0.05, 0) is 30.7 Å². The average molecular weight is 390 g/mol. The summed E-state index contributed by atoms with van der Waals surface area (Å²) in [6.07, 6.45) is 10.0. The van der Waals surface area contributed by atoms with E-state index in [0.29, 0.717) is 12.1 Å². The van der Waals surface area contributed by atoms with Crippen molar-refractivity contribution in [2.75, 3.05) is 19.3 Å². The maximum absolute atomic E-state index is 10.6. The number of carbonyl (C=O) groups is 1. The summed E-state index contributed by atoms with van der Waals surface area (Å²) in [5.41, 5.74) is 1.08. The molecule has 124 valence electrons. The lowest BCUT2D eigenvalue weighted by Gasteiger charge is -2.24. The predicted octanol–water partition coefficient (Wildman–Crippen LogP) is 3.19.